The van der Waals surface area contributed by atoms with Crippen LogP contribution in [-0.2, 0) is 19.7 Å². The second-order valence-corrected chi connectivity index (χ2v) is 10.4. The Labute approximate surface area is 177 Å². The summed E-state index contributed by atoms with van der Waals surface area (Å²) in [6.45, 7) is 0. The van der Waals surface area contributed by atoms with Crippen molar-refractivity contribution >= 4 is 11.9 Å². The van der Waals surface area contributed by atoms with E-state index in [4.69, 9.17) is 4.74 Å². The van der Waals surface area contributed by atoms with Crippen LogP contribution in [0.25, 0.3) is 0 Å². The molecule has 0 saturated heterocycles. The zero-order valence-corrected chi connectivity index (χ0v) is 17.3. The predicted octanol–water partition coefficient (Wildman–Crippen LogP) is 5.40. The molecule has 30 heavy (non-hydrogen) atoms. The van der Waals surface area contributed by atoms with E-state index in [-0.39, 0.29) is 17.9 Å². The highest BCUT2D eigenvalue weighted by atomic mass is 16.6. The maximum Gasteiger partial charge on any atom is 0.324 e. The molecule has 3 heteroatoms. The number of esters is 2. The van der Waals surface area contributed by atoms with Crippen LogP contribution in [0.3, 0.4) is 0 Å². The monoisotopic (exact) mass is 400 g/mol. The van der Waals surface area contributed by atoms with Crippen LogP contribution in [0, 0.1) is 23.2 Å². The minimum atomic E-state index is -0.736. The molecule has 0 N–H and O–H groups in total. The van der Waals surface area contributed by atoms with Gasteiger partial charge in [0.25, 0.3) is 0 Å². The molecule has 5 aliphatic carbocycles. The number of carbonyl (C=O) groups excluding carboxylic acids is 2. The summed E-state index contributed by atoms with van der Waals surface area (Å²) in [6.07, 6.45) is 7.27. The summed E-state index contributed by atoms with van der Waals surface area (Å²) in [6, 6.07) is 20.0. The summed E-state index contributed by atoms with van der Waals surface area (Å²) < 4.78 is 5.79. The van der Waals surface area contributed by atoms with Gasteiger partial charge in [-0.05, 0) is 73.8 Å². The summed E-state index contributed by atoms with van der Waals surface area (Å²) in [5.74, 6) is 1.45. The maximum absolute atomic E-state index is 13.6. The van der Waals surface area contributed by atoms with E-state index in [0.29, 0.717) is 24.2 Å². The summed E-state index contributed by atoms with van der Waals surface area (Å²) in [7, 11) is 0. The summed E-state index contributed by atoms with van der Waals surface area (Å²) in [5.41, 5.74) is 0.961. The lowest BCUT2D eigenvalue weighted by Crippen LogP contribution is -2.51. The third-order valence-corrected chi connectivity index (χ3v) is 8.47. The van der Waals surface area contributed by atoms with Crippen LogP contribution in [0.4, 0.5) is 0 Å². The van der Waals surface area contributed by atoms with Gasteiger partial charge >= 0.3 is 11.9 Å². The lowest BCUT2D eigenvalue weighted by molar-refractivity contribution is -0.179. The van der Waals surface area contributed by atoms with Crippen LogP contribution in [-0.4, -0.2) is 11.9 Å². The first kappa shape index (κ1) is 18.4. The van der Waals surface area contributed by atoms with Crippen molar-refractivity contribution in [1.82, 2.24) is 0 Å². The molecule has 0 amide bonds. The van der Waals surface area contributed by atoms with Crippen molar-refractivity contribution in [3.8, 4) is 0 Å². The van der Waals surface area contributed by atoms with Gasteiger partial charge in [-0.25, -0.2) is 0 Å². The number of ether oxygens (including phenoxy) is 1. The fraction of sp³-hybridized carbons (Fsp3) is 0.481. The second kappa shape index (κ2) is 6.54. The summed E-state index contributed by atoms with van der Waals surface area (Å²) >= 11 is 0. The van der Waals surface area contributed by atoms with E-state index in [1.165, 1.54) is 19.3 Å². The Morgan fingerprint density at radius 3 is 1.80 bits per heavy atom. The summed E-state index contributed by atoms with van der Waals surface area (Å²) in [4.78, 5) is 27.0. The van der Waals surface area contributed by atoms with E-state index < -0.39 is 10.8 Å². The zero-order valence-electron chi connectivity index (χ0n) is 17.3. The van der Waals surface area contributed by atoms with Crippen molar-refractivity contribution in [2.75, 3.05) is 0 Å². The van der Waals surface area contributed by atoms with E-state index >= 15 is 0 Å². The van der Waals surface area contributed by atoms with Gasteiger partial charge in [0.05, 0.1) is 5.41 Å². The molecule has 3 nitrogen and oxygen atoms in total. The van der Waals surface area contributed by atoms with Crippen molar-refractivity contribution in [1.29, 1.82) is 0 Å². The van der Waals surface area contributed by atoms with Gasteiger partial charge < -0.3 is 4.74 Å². The first-order valence-corrected chi connectivity index (χ1v) is 11.5. The Bertz CT molecular complexity index is 944. The number of rotatable bonds is 4. The van der Waals surface area contributed by atoms with Crippen LogP contribution in [0.2, 0.25) is 0 Å². The number of hydrogen-bond acceptors (Lipinski definition) is 3. The first-order valence-electron chi connectivity index (χ1n) is 11.5. The fourth-order valence-electron chi connectivity index (χ4n) is 7.39. The molecule has 0 aliphatic heterocycles. The van der Waals surface area contributed by atoms with Gasteiger partial charge in [-0.3, -0.25) is 9.59 Å². The Hall–Kier alpha value is -2.42. The molecular formula is C27H28O3. The molecule has 2 unspecified atom stereocenters. The Morgan fingerprint density at radius 1 is 0.700 bits per heavy atom. The molecule has 5 fully saturated rings. The molecule has 0 spiro atoms. The third-order valence-electron chi connectivity index (χ3n) is 8.47. The third kappa shape index (κ3) is 2.71. The lowest BCUT2D eigenvalue weighted by Gasteiger charge is -2.55. The average molecular weight is 401 g/mol. The molecule has 2 aromatic carbocycles. The van der Waals surface area contributed by atoms with Crippen LogP contribution < -0.4 is 0 Å². The molecule has 5 aliphatic rings. The van der Waals surface area contributed by atoms with E-state index in [1.54, 1.807) is 0 Å². The van der Waals surface area contributed by atoms with Gasteiger partial charge in [-0.2, -0.15) is 0 Å². The SMILES string of the molecule is O=C(OC(=O)C1(c2ccccc2)CC1c1ccccc1)C12CC3CC(CC(C3)C1)C2. The number of carbonyl (C=O) groups is 2. The summed E-state index contributed by atoms with van der Waals surface area (Å²) in [5, 5.41) is 0. The highest BCUT2D eigenvalue weighted by Gasteiger charge is 2.64. The quantitative estimate of drug-likeness (QED) is 0.510. The van der Waals surface area contributed by atoms with Crippen LogP contribution in [0.15, 0.2) is 60.7 Å². The highest BCUT2D eigenvalue weighted by molar-refractivity contribution is 5.97. The molecular weight excluding hydrogens is 372 g/mol. The molecule has 2 atom stereocenters. The molecule has 5 saturated carbocycles. The minimum absolute atomic E-state index is 0.0674. The standard InChI is InChI=1S/C27H28O3/c28-24(26-14-18-11-19(15-26)13-20(12-18)16-26)30-25(29)27(22-9-5-2-6-10-22)17-23(27)21-7-3-1-4-8-21/h1-10,18-20,23H,11-17H2. The van der Waals surface area contributed by atoms with Crippen molar-refractivity contribution < 1.29 is 14.3 Å². The number of benzene rings is 2. The molecule has 154 valence electrons. The highest BCUT2D eigenvalue weighted by Crippen LogP contribution is 2.63. The molecule has 0 aromatic heterocycles. The largest absolute Gasteiger partial charge is 0.392 e. The fourth-order valence-corrected chi connectivity index (χ4v) is 7.39. The van der Waals surface area contributed by atoms with Crippen molar-refractivity contribution in [2.24, 2.45) is 23.2 Å². The van der Waals surface area contributed by atoms with Crippen LogP contribution in [0.5, 0.6) is 0 Å². The molecule has 0 heterocycles. The molecule has 7 rings (SSSR count). The molecule has 0 radical (unpaired) electrons. The van der Waals surface area contributed by atoms with Gasteiger partial charge in [-0.15, -0.1) is 0 Å². The predicted molar refractivity (Wildman–Crippen MR) is 114 cm³/mol. The normalized spacial score (nSPS) is 38.3. The Morgan fingerprint density at radius 2 is 1.23 bits per heavy atom. The second-order valence-electron chi connectivity index (χ2n) is 10.4. The molecule has 2 aromatic rings. The van der Waals surface area contributed by atoms with Crippen molar-refractivity contribution in [3.05, 3.63) is 71.8 Å². The Kier molecular flexibility index (Phi) is 4.00. The number of hydrogen-bond donors (Lipinski definition) is 0. The van der Waals surface area contributed by atoms with Gasteiger partial charge in [0.15, 0.2) is 0 Å². The smallest absolute Gasteiger partial charge is 0.324 e. The minimum Gasteiger partial charge on any atom is -0.392 e. The van der Waals surface area contributed by atoms with E-state index in [9.17, 15) is 9.59 Å². The van der Waals surface area contributed by atoms with Crippen LogP contribution in [0.1, 0.15) is 62.0 Å². The molecule has 4 bridgehead atoms. The van der Waals surface area contributed by atoms with E-state index in [2.05, 4.69) is 12.1 Å². The maximum atomic E-state index is 13.6. The average Bonchev–Trinajstić information content (AvgIpc) is 3.51. The van der Waals surface area contributed by atoms with Crippen molar-refractivity contribution in [2.45, 2.75) is 56.3 Å². The van der Waals surface area contributed by atoms with E-state index in [1.807, 2.05) is 48.5 Å². The van der Waals surface area contributed by atoms with Crippen molar-refractivity contribution in [3.63, 3.8) is 0 Å². The first-order chi connectivity index (χ1) is 14.6. The zero-order chi connectivity index (χ0) is 20.3. The van der Waals surface area contributed by atoms with E-state index in [0.717, 1.165) is 30.4 Å². The lowest BCUT2D eigenvalue weighted by atomic mass is 9.49. The van der Waals surface area contributed by atoms with Gasteiger partial charge in [-0.1, -0.05) is 60.7 Å². The van der Waals surface area contributed by atoms with Gasteiger partial charge in [0, 0.05) is 5.92 Å². The van der Waals surface area contributed by atoms with Gasteiger partial charge in [0.2, 0.25) is 0 Å². The van der Waals surface area contributed by atoms with Crippen LogP contribution >= 0.6 is 0 Å². The Balaban J connectivity index is 1.29. The topological polar surface area (TPSA) is 43.4 Å². The van der Waals surface area contributed by atoms with Gasteiger partial charge in [0.1, 0.15) is 5.41 Å².